The Kier molecular flexibility index (Phi) is 2.40. The number of aryl methyl sites for hydroxylation is 1. The van der Waals surface area contributed by atoms with Crippen LogP contribution in [0.5, 0.6) is 0 Å². The van der Waals surface area contributed by atoms with Crippen molar-refractivity contribution < 1.29 is 0 Å². The molecule has 0 atom stereocenters. The van der Waals surface area contributed by atoms with Gasteiger partial charge in [-0.1, -0.05) is 16.8 Å². The van der Waals surface area contributed by atoms with Crippen molar-refractivity contribution in [3.05, 3.63) is 22.5 Å². The first-order valence-corrected chi connectivity index (χ1v) is 4.83. The van der Waals surface area contributed by atoms with Crippen LogP contribution in [0, 0.1) is 13.8 Å². The van der Waals surface area contributed by atoms with Crippen LogP contribution in [0.15, 0.2) is 6.20 Å². The first-order chi connectivity index (χ1) is 7.11. The lowest BCUT2D eigenvalue weighted by atomic mass is 10.1. The summed E-state index contributed by atoms with van der Waals surface area (Å²) in [6.45, 7) is 3.87. The third-order valence-electron chi connectivity index (χ3n) is 2.42. The van der Waals surface area contributed by atoms with Gasteiger partial charge in [0.25, 0.3) is 0 Å². The molecule has 15 heavy (non-hydrogen) atoms. The molecule has 0 unspecified atom stereocenters. The van der Waals surface area contributed by atoms with Gasteiger partial charge in [-0.25, -0.2) is 4.68 Å². The number of nitrogens with zero attached hydrogens (tertiary/aromatic N) is 5. The van der Waals surface area contributed by atoms with Crippen molar-refractivity contribution in [2.45, 2.75) is 13.8 Å². The van der Waals surface area contributed by atoms with E-state index in [2.05, 4.69) is 20.5 Å². The highest BCUT2D eigenvalue weighted by molar-refractivity contribution is 6.30. The van der Waals surface area contributed by atoms with Gasteiger partial charge in [-0.2, -0.15) is 0 Å². The molecule has 0 radical (unpaired) electrons. The quantitative estimate of drug-likeness (QED) is 0.736. The molecule has 0 bridgehead atoms. The highest BCUT2D eigenvalue weighted by atomic mass is 35.5. The highest BCUT2D eigenvalue weighted by Gasteiger charge is 2.13. The lowest BCUT2D eigenvalue weighted by Gasteiger charge is -2.06. The van der Waals surface area contributed by atoms with Crippen molar-refractivity contribution in [3.63, 3.8) is 0 Å². The van der Waals surface area contributed by atoms with Crippen molar-refractivity contribution in [2.24, 2.45) is 7.05 Å². The number of rotatable bonds is 1. The third kappa shape index (κ3) is 1.59. The van der Waals surface area contributed by atoms with Crippen LogP contribution in [-0.2, 0) is 7.05 Å². The molecule has 0 aliphatic carbocycles. The molecule has 0 saturated heterocycles. The van der Waals surface area contributed by atoms with Gasteiger partial charge >= 0.3 is 0 Å². The molecule has 0 N–H and O–H groups in total. The smallest absolute Gasteiger partial charge is 0.154 e. The van der Waals surface area contributed by atoms with Crippen LogP contribution >= 0.6 is 11.6 Å². The van der Waals surface area contributed by atoms with Gasteiger partial charge in [0.1, 0.15) is 11.4 Å². The summed E-state index contributed by atoms with van der Waals surface area (Å²) in [7, 11) is 1.81. The van der Waals surface area contributed by atoms with Gasteiger partial charge in [-0.15, -0.1) is 15.3 Å². The van der Waals surface area contributed by atoms with E-state index in [1.54, 1.807) is 10.9 Å². The third-order valence-corrected chi connectivity index (χ3v) is 2.78. The second kappa shape index (κ2) is 3.58. The molecule has 0 fully saturated rings. The van der Waals surface area contributed by atoms with Gasteiger partial charge in [-0.3, -0.25) is 0 Å². The summed E-state index contributed by atoms with van der Waals surface area (Å²) in [5.41, 5.74) is 3.53. The first kappa shape index (κ1) is 10.0. The SMILES string of the molecule is Cc1c(Cl)nnc(-c2cnnn2C)c1C. The van der Waals surface area contributed by atoms with E-state index >= 15 is 0 Å². The van der Waals surface area contributed by atoms with Crippen molar-refractivity contribution in [3.8, 4) is 11.4 Å². The highest BCUT2D eigenvalue weighted by Crippen LogP contribution is 2.24. The van der Waals surface area contributed by atoms with Crippen LogP contribution < -0.4 is 0 Å². The van der Waals surface area contributed by atoms with Crippen molar-refractivity contribution >= 4 is 11.6 Å². The molecular weight excluding hydrogens is 214 g/mol. The van der Waals surface area contributed by atoms with E-state index < -0.39 is 0 Å². The molecule has 0 amide bonds. The fourth-order valence-electron chi connectivity index (χ4n) is 1.32. The summed E-state index contributed by atoms with van der Waals surface area (Å²) in [5.74, 6) is 0. The number of hydrogen-bond acceptors (Lipinski definition) is 4. The average molecular weight is 224 g/mol. The largest absolute Gasteiger partial charge is 0.246 e. The van der Waals surface area contributed by atoms with Crippen LogP contribution in [0.1, 0.15) is 11.1 Å². The van der Waals surface area contributed by atoms with E-state index in [0.717, 1.165) is 22.5 Å². The minimum atomic E-state index is 0.436. The monoisotopic (exact) mass is 223 g/mol. The Morgan fingerprint density at radius 1 is 1.20 bits per heavy atom. The van der Waals surface area contributed by atoms with E-state index in [1.165, 1.54) is 0 Å². The topological polar surface area (TPSA) is 56.5 Å². The van der Waals surface area contributed by atoms with Crippen LogP contribution in [0.25, 0.3) is 11.4 Å². The van der Waals surface area contributed by atoms with E-state index in [9.17, 15) is 0 Å². The second-order valence-corrected chi connectivity index (χ2v) is 3.69. The summed E-state index contributed by atoms with van der Waals surface area (Å²) in [6.07, 6.45) is 1.66. The van der Waals surface area contributed by atoms with Crippen molar-refractivity contribution in [1.82, 2.24) is 25.2 Å². The Morgan fingerprint density at radius 2 is 1.93 bits per heavy atom. The minimum absolute atomic E-state index is 0.436. The second-order valence-electron chi connectivity index (χ2n) is 3.33. The summed E-state index contributed by atoms with van der Waals surface area (Å²) >= 11 is 5.88. The van der Waals surface area contributed by atoms with E-state index in [4.69, 9.17) is 11.6 Å². The summed E-state index contributed by atoms with van der Waals surface area (Å²) < 4.78 is 1.66. The normalized spacial score (nSPS) is 10.7. The fraction of sp³-hybridized carbons (Fsp3) is 0.333. The lowest BCUT2D eigenvalue weighted by molar-refractivity contribution is 0.717. The average Bonchev–Trinajstić information content (AvgIpc) is 2.62. The minimum Gasteiger partial charge on any atom is -0.246 e. The van der Waals surface area contributed by atoms with Gasteiger partial charge in [0.15, 0.2) is 5.15 Å². The molecule has 0 saturated carbocycles. The summed E-state index contributed by atoms with van der Waals surface area (Å²) in [5, 5.41) is 16.0. The lowest BCUT2D eigenvalue weighted by Crippen LogP contribution is -2.01. The molecule has 0 aromatic carbocycles. The summed E-state index contributed by atoms with van der Waals surface area (Å²) in [4.78, 5) is 0. The van der Waals surface area contributed by atoms with Gasteiger partial charge in [0.2, 0.25) is 0 Å². The first-order valence-electron chi connectivity index (χ1n) is 4.45. The molecule has 6 heteroatoms. The number of hydrogen-bond donors (Lipinski definition) is 0. The maximum Gasteiger partial charge on any atom is 0.154 e. The zero-order chi connectivity index (χ0) is 11.0. The molecule has 2 aromatic heterocycles. The standard InChI is InChI=1S/C9H10ClN5/c1-5-6(2)9(10)13-12-8(5)7-4-11-14-15(7)3/h4H,1-3H3. The molecule has 0 aliphatic rings. The van der Waals surface area contributed by atoms with Crippen LogP contribution in [0.2, 0.25) is 5.15 Å². The van der Waals surface area contributed by atoms with E-state index in [-0.39, 0.29) is 0 Å². The summed E-state index contributed by atoms with van der Waals surface area (Å²) in [6, 6.07) is 0. The molecule has 0 spiro atoms. The Labute approximate surface area is 92.1 Å². The molecule has 2 heterocycles. The van der Waals surface area contributed by atoms with Crippen LogP contribution in [0.3, 0.4) is 0 Å². The number of aromatic nitrogens is 5. The Hall–Kier alpha value is -1.49. The van der Waals surface area contributed by atoms with Crippen LogP contribution in [0.4, 0.5) is 0 Å². The molecule has 78 valence electrons. The fourth-order valence-corrected chi connectivity index (χ4v) is 1.50. The molecule has 2 aromatic rings. The van der Waals surface area contributed by atoms with Crippen molar-refractivity contribution in [2.75, 3.05) is 0 Å². The maximum absolute atomic E-state index is 5.88. The van der Waals surface area contributed by atoms with Gasteiger partial charge in [-0.05, 0) is 25.0 Å². The van der Waals surface area contributed by atoms with E-state index in [1.807, 2.05) is 20.9 Å². The molecule has 2 rings (SSSR count). The van der Waals surface area contributed by atoms with Crippen LogP contribution in [-0.4, -0.2) is 25.2 Å². The Morgan fingerprint density at radius 3 is 2.53 bits per heavy atom. The predicted octanol–water partition coefficient (Wildman–Crippen LogP) is 1.54. The van der Waals surface area contributed by atoms with Gasteiger partial charge in [0, 0.05) is 7.05 Å². The van der Waals surface area contributed by atoms with Gasteiger partial charge in [0.05, 0.1) is 6.20 Å². The predicted molar refractivity (Wildman–Crippen MR) is 56.5 cm³/mol. The molecule has 0 aliphatic heterocycles. The van der Waals surface area contributed by atoms with Crippen molar-refractivity contribution in [1.29, 1.82) is 0 Å². The zero-order valence-corrected chi connectivity index (χ0v) is 9.45. The van der Waals surface area contributed by atoms with E-state index in [0.29, 0.717) is 5.15 Å². The molecule has 5 nitrogen and oxygen atoms in total. The van der Waals surface area contributed by atoms with Gasteiger partial charge < -0.3 is 0 Å². The number of halogens is 1. The Bertz CT molecular complexity index is 505. The Balaban J connectivity index is 2.65. The zero-order valence-electron chi connectivity index (χ0n) is 8.69. The maximum atomic E-state index is 5.88. The molecular formula is C9H10ClN5.